The molecular weight excluding hydrogens is 654 g/mol. The van der Waals surface area contributed by atoms with Crippen LogP contribution in [0.25, 0.3) is 0 Å². The molecule has 5 saturated carbocycles. The average molecular weight is 724 g/mol. The predicted octanol–water partition coefficient (Wildman–Crippen LogP) is 8.44. The highest BCUT2D eigenvalue weighted by molar-refractivity contribution is 6.00. The third-order valence-corrected chi connectivity index (χ3v) is 16.9. The van der Waals surface area contributed by atoms with Crippen molar-refractivity contribution >= 4 is 23.6 Å². The molecule has 0 unspecified atom stereocenters. The number of allylic oxidation sites excluding steroid dienone is 1. The van der Waals surface area contributed by atoms with Gasteiger partial charge in [-0.05, 0) is 124 Å². The van der Waals surface area contributed by atoms with Crippen LogP contribution in [-0.4, -0.2) is 52.6 Å². The molecule has 52 heavy (non-hydrogen) atoms. The smallest absolute Gasteiger partial charge is 0.309 e. The quantitative estimate of drug-likeness (QED) is 0.204. The number of rotatable bonds is 9. The van der Waals surface area contributed by atoms with E-state index in [2.05, 4.69) is 53.8 Å². The van der Waals surface area contributed by atoms with E-state index in [1.165, 1.54) is 12.0 Å². The van der Waals surface area contributed by atoms with Crippen molar-refractivity contribution in [1.29, 1.82) is 0 Å². The van der Waals surface area contributed by atoms with E-state index in [1.54, 1.807) is 13.8 Å². The number of ether oxygens (including phenoxy) is 1. The minimum absolute atomic E-state index is 0.0271. The molecule has 6 rings (SSSR count). The number of ketones is 1. The summed E-state index contributed by atoms with van der Waals surface area (Å²) >= 11 is 0. The fourth-order valence-corrected chi connectivity index (χ4v) is 13.8. The highest BCUT2D eigenvalue weighted by atomic mass is 16.5. The first-order valence-corrected chi connectivity index (χ1v) is 20.8. The number of amides is 1. The number of aliphatic carboxylic acids is 1. The van der Waals surface area contributed by atoms with Crippen LogP contribution in [0.2, 0.25) is 0 Å². The summed E-state index contributed by atoms with van der Waals surface area (Å²) in [7, 11) is 0. The van der Waals surface area contributed by atoms with Crippen molar-refractivity contribution in [3.8, 4) is 0 Å². The van der Waals surface area contributed by atoms with Crippen LogP contribution in [0.4, 0.5) is 0 Å². The molecule has 3 N–H and O–H groups in total. The molecule has 0 aromatic rings. The van der Waals surface area contributed by atoms with Gasteiger partial charge in [0.05, 0.1) is 17.9 Å². The van der Waals surface area contributed by atoms with Gasteiger partial charge < -0.3 is 20.3 Å². The molecule has 0 bridgehead atoms. The lowest BCUT2D eigenvalue weighted by molar-refractivity contribution is -0.235. The van der Waals surface area contributed by atoms with Gasteiger partial charge in [0.25, 0.3) is 0 Å². The number of Topliss-reactive ketones (excluding diaryl/α,β-unsaturated/α-hetero) is 1. The van der Waals surface area contributed by atoms with Crippen LogP contribution in [0.1, 0.15) is 159 Å². The molecule has 8 heteroatoms. The molecule has 0 radical (unpaired) electrons. The summed E-state index contributed by atoms with van der Waals surface area (Å²) in [4.78, 5) is 52.0. The highest BCUT2D eigenvalue weighted by Gasteiger charge is 2.70. The molecule has 8 nitrogen and oxygen atoms in total. The van der Waals surface area contributed by atoms with Crippen LogP contribution in [0.3, 0.4) is 0 Å². The first-order valence-electron chi connectivity index (χ1n) is 20.8. The van der Waals surface area contributed by atoms with Crippen LogP contribution in [-0.2, 0) is 23.9 Å². The normalized spacial score (nSPS) is 39.6. The SMILES string of the molecule is CC(C)C1=C2[C@H]3CC[C@@H]4[C@@]5(C)CC[C@H](OC(=O)CC(C)(C)C(=O)O)C(C)(C)[C@@H]5CC[C@@]4(C)[C@]3(C)CC[C@@]2([C@@H](O)CNC(=O)C2CCCCC2)CC1=O. The Balaban J connectivity index is 1.26. The Hall–Kier alpha value is -2.22. The Labute approximate surface area is 313 Å². The van der Waals surface area contributed by atoms with Crippen molar-refractivity contribution in [3.05, 3.63) is 11.1 Å². The van der Waals surface area contributed by atoms with Gasteiger partial charge in [0.2, 0.25) is 5.91 Å². The number of carbonyl (C=O) groups is 4. The Morgan fingerprint density at radius 2 is 1.54 bits per heavy atom. The molecule has 0 heterocycles. The molecule has 1 amide bonds. The molecule has 292 valence electrons. The van der Waals surface area contributed by atoms with Crippen LogP contribution >= 0.6 is 0 Å². The Morgan fingerprint density at radius 1 is 0.865 bits per heavy atom. The first kappa shape index (κ1) is 39.5. The van der Waals surface area contributed by atoms with Gasteiger partial charge in [-0.15, -0.1) is 0 Å². The van der Waals surface area contributed by atoms with Crippen LogP contribution in [0.5, 0.6) is 0 Å². The van der Waals surface area contributed by atoms with E-state index in [0.717, 1.165) is 82.6 Å². The zero-order chi connectivity index (χ0) is 38.2. The fraction of sp³-hybridized carbons (Fsp3) is 0.864. The van der Waals surface area contributed by atoms with E-state index in [0.29, 0.717) is 18.3 Å². The zero-order valence-electron chi connectivity index (χ0n) is 33.8. The molecule has 6 aliphatic carbocycles. The topological polar surface area (TPSA) is 130 Å². The number of aliphatic hydroxyl groups excluding tert-OH is 1. The molecule has 0 aliphatic heterocycles. The predicted molar refractivity (Wildman–Crippen MR) is 201 cm³/mol. The fourth-order valence-electron chi connectivity index (χ4n) is 13.8. The number of carboxylic acid groups (broad SMARTS) is 1. The van der Waals surface area contributed by atoms with Gasteiger partial charge in [0.1, 0.15) is 6.10 Å². The van der Waals surface area contributed by atoms with E-state index >= 15 is 0 Å². The van der Waals surface area contributed by atoms with Crippen molar-refractivity contribution in [1.82, 2.24) is 5.32 Å². The molecule has 9 atom stereocenters. The largest absolute Gasteiger partial charge is 0.481 e. The van der Waals surface area contributed by atoms with Crippen molar-refractivity contribution in [2.75, 3.05) is 6.54 Å². The van der Waals surface area contributed by atoms with E-state index < -0.39 is 28.9 Å². The number of nitrogens with one attached hydrogen (secondary N) is 1. The molecule has 0 spiro atoms. The number of fused-ring (bicyclic) bond motifs is 7. The Bertz CT molecular complexity index is 1490. The highest BCUT2D eigenvalue weighted by Crippen LogP contribution is 2.77. The zero-order valence-corrected chi connectivity index (χ0v) is 33.8. The first-order chi connectivity index (χ1) is 24.2. The van der Waals surface area contributed by atoms with E-state index in [4.69, 9.17) is 4.74 Å². The number of hydrogen-bond acceptors (Lipinski definition) is 6. The second-order valence-corrected chi connectivity index (χ2v) is 20.7. The molecule has 5 fully saturated rings. The number of carbonyl (C=O) groups excluding carboxylic acids is 3. The lowest BCUT2D eigenvalue weighted by Crippen LogP contribution is -2.66. The second-order valence-electron chi connectivity index (χ2n) is 20.7. The maximum Gasteiger partial charge on any atom is 0.309 e. The van der Waals surface area contributed by atoms with Crippen molar-refractivity contribution in [2.24, 2.45) is 62.1 Å². The van der Waals surface area contributed by atoms with Crippen molar-refractivity contribution < 1.29 is 34.1 Å². The minimum atomic E-state index is -1.17. The number of esters is 1. The molecule has 0 aromatic carbocycles. The van der Waals surface area contributed by atoms with Gasteiger partial charge in [0.15, 0.2) is 5.78 Å². The van der Waals surface area contributed by atoms with E-state index in [1.807, 2.05) is 0 Å². The van der Waals surface area contributed by atoms with Gasteiger partial charge >= 0.3 is 11.9 Å². The lowest BCUT2D eigenvalue weighted by Gasteiger charge is -2.72. The monoisotopic (exact) mass is 724 g/mol. The number of hydrogen-bond donors (Lipinski definition) is 3. The van der Waals surface area contributed by atoms with E-state index in [-0.39, 0.29) is 70.2 Å². The van der Waals surface area contributed by atoms with Crippen molar-refractivity contribution in [3.63, 3.8) is 0 Å². The van der Waals surface area contributed by atoms with Gasteiger partial charge in [0, 0.05) is 29.7 Å². The van der Waals surface area contributed by atoms with E-state index in [9.17, 15) is 29.4 Å². The van der Waals surface area contributed by atoms with Gasteiger partial charge in [-0.3, -0.25) is 19.2 Å². The second kappa shape index (κ2) is 13.5. The number of aliphatic hydroxyl groups is 1. The summed E-state index contributed by atoms with van der Waals surface area (Å²) in [5.74, 6) is -0.0352. The van der Waals surface area contributed by atoms with Crippen LogP contribution in [0.15, 0.2) is 11.1 Å². The standard InChI is InChI=1S/C44H69NO7/c1-26(2)35-29(46)23-44(32(47)25-45-37(49)27-13-11-10-12-14-27)22-21-42(8)28(36(35)44)15-16-31-41(7)19-18-33(52-34(48)24-39(3,4)38(50)51)40(5,6)30(41)17-20-43(31,42)9/h26-28,30-33,47H,10-25H2,1-9H3,(H,45,49)(H,50,51)/t28-,30+,31-,32+,33+,41+,42-,43-,44+/m1/s1. The van der Waals surface area contributed by atoms with Gasteiger partial charge in [-0.1, -0.05) is 73.3 Å². The summed E-state index contributed by atoms with van der Waals surface area (Å²) in [6.45, 7) is 19.7. The minimum Gasteiger partial charge on any atom is -0.481 e. The van der Waals surface area contributed by atoms with Gasteiger partial charge in [-0.2, -0.15) is 0 Å². The van der Waals surface area contributed by atoms with Gasteiger partial charge in [-0.25, -0.2) is 0 Å². The van der Waals surface area contributed by atoms with Crippen molar-refractivity contribution in [2.45, 2.75) is 171 Å². The average Bonchev–Trinajstić information content (AvgIpc) is 3.38. The Kier molecular flexibility index (Phi) is 10.3. The summed E-state index contributed by atoms with van der Waals surface area (Å²) in [5.41, 5.74) is 0.159. The Morgan fingerprint density at radius 3 is 2.17 bits per heavy atom. The third-order valence-electron chi connectivity index (χ3n) is 16.9. The maximum atomic E-state index is 14.0. The summed E-state index contributed by atoms with van der Waals surface area (Å²) in [5, 5.41) is 24.9. The maximum absolute atomic E-state index is 14.0. The summed E-state index contributed by atoms with van der Waals surface area (Å²) in [6.07, 6.45) is 11.9. The molecule has 0 saturated heterocycles. The third kappa shape index (κ3) is 6.02. The molecule has 0 aromatic heterocycles. The summed E-state index contributed by atoms with van der Waals surface area (Å²) < 4.78 is 6.16. The number of carboxylic acids is 1. The lowest BCUT2D eigenvalue weighted by atomic mass is 9.33. The van der Waals surface area contributed by atoms with Crippen LogP contribution < -0.4 is 5.32 Å². The molecule has 6 aliphatic rings. The summed E-state index contributed by atoms with van der Waals surface area (Å²) in [6, 6.07) is 0. The van der Waals surface area contributed by atoms with Crippen LogP contribution in [0, 0.1) is 62.1 Å². The molecular formula is C44H69NO7.